The van der Waals surface area contributed by atoms with Gasteiger partial charge in [0.15, 0.2) is 0 Å². The first-order valence-corrected chi connectivity index (χ1v) is 1.65. The van der Waals surface area contributed by atoms with Crippen LogP contribution in [0.4, 0.5) is 0 Å². The molecule has 56 valence electrons. The van der Waals surface area contributed by atoms with Crippen molar-refractivity contribution in [1.29, 1.82) is 0 Å². The first-order chi connectivity index (χ1) is 3.71. The molecule has 0 saturated heterocycles. The van der Waals surface area contributed by atoms with E-state index in [-0.39, 0.29) is 0 Å². The third-order valence-electron chi connectivity index (χ3n) is 0.234. The van der Waals surface area contributed by atoms with Crippen LogP contribution in [-0.4, -0.2) is 20.6 Å². The second-order valence-electron chi connectivity index (χ2n) is 1.21. The quantitative estimate of drug-likeness (QED) is 0.197. The van der Waals surface area contributed by atoms with Crippen LogP contribution < -0.4 is 11.7 Å². The number of rotatable bonds is 2. The number of nitrogens with two attached hydrogens (primary N) is 2. The van der Waals surface area contributed by atoms with Crippen molar-refractivity contribution in [3.63, 3.8) is 0 Å². The number of hydrogen-bond donors (Lipinski definition) is 4. The zero-order chi connectivity index (χ0) is 7.71. The van der Waals surface area contributed by atoms with Crippen LogP contribution >= 0.6 is 0 Å². The van der Waals surface area contributed by atoms with Gasteiger partial charge >= 0.3 is 0 Å². The predicted octanol–water partition coefficient (Wildman–Crippen LogP) is -2.01. The summed E-state index contributed by atoms with van der Waals surface area (Å²) in [5.41, 5.74) is 0. The molecule has 0 aromatic rings. The molecule has 2 unspecified atom stereocenters. The van der Waals surface area contributed by atoms with E-state index in [0.717, 1.165) is 0 Å². The summed E-state index contributed by atoms with van der Waals surface area (Å²) >= 11 is 0. The van der Waals surface area contributed by atoms with E-state index in [9.17, 15) is 10.4 Å². The molecule has 0 aliphatic carbocycles. The lowest BCUT2D eigenvalue weighted by Crippen LogP contribution is -2.59. The van der Waals surface area contributed by atoms with Gasteiger partial charge in [-0.3, -0.25) is 0 Å². The summed E-state index contributed by atoms with van der Waals surface area (Å²) in [7, 11) is 0. The molecule has 0 aliphatic rings. The molecule has 9 heteroatoms. The molecule has 2 atom stereocenters. The Morgan fingerprint density at radius 3 is 1.33 bits per heavy atom. The van der Waals surface area contributed by atoms with Crippen molar-refractivity contribution >= 4 is 0 Å². The number of hydrogen-bond acceptors (Lipinski definition) is 7. The molecule has 0 amide bonds. The highest BCUT2D eigenvalue weighted by atomic mass is 17.3. The van der Waals surface area contributed by atoms with Crippen molar-refractivity contribution in [3.8, 4) is 0 Å². The molecule has 0 radical (unpaired) electrons. The lowest BCUT2D eigenvalue weighted by molar-refractivity contribution is -1.45. The SMILES string of the molecule is N[N+]([O-])(O)O[N+](N)([O-])O. The van der Waals surface area contributed by atoms with Crippen LogP contribution in [0.3, 0.4) is 0 Å². The maximum absolute atomic E-state index is 9.71. The Balaban J connectivity index is 3.75. The lowest BCUT2D eigenvalue weighted by atomic mass is 12.3. The van der Waals surface area contributed by atoms with Gasteiger partial charge in [-0.15, -0.1) is 11.7 Å². The van der Waals surface area contributed by atoms with E-state index in [1.54, 1.807) is 0 Å². The van der Waals surface area contributed by atoms with Gasteiger partial charge in [-0.2, -0.15) is 10.4 Å². The van der Waals surface area contributed by atoms with Crippen molar-refractivity contribution < 1.29 is 25.5 Å². The van der Waals surface area contributed by atoms with Gasteiger partial charge < -0.3 is 10.4 Å². The molecule has 0 heterocycles. The van der Waals surface area contributed by atoms with Crippen LogP contribution in [-0.2, 0) is 4.94 Å². The summed E-state index contributed by atoms with van der Waals surface area (Å²) in [6, 6.07) is 0. The average molecular weight is 142 g/mol. The van der Waals surface area contributed by atoms with Gasteiger partial charge in [-0.05, 0) is 0 Å². The molecule has 0 rings (SSSR count). The molecule has 9 nitrogen and oxygen atoms in total. The van der Waals surface area contributed by atoms with Gasteiger partial charge in [-0.25, -0.2) is 0 Å². The Morgan fingerprint density at radius 1 is 1.11 bits per heavy atom. The molecule has 0 aliphatic heterocycles. The first-order valence-electron chi connectivity index (χ1n) is 1.65. The molecule has 0 aromatic heterocycles. The van der Waals surface area contributed by atoms with E-state index in [1.165, 1.54) is 0 Å². The fraction of sp³-hybridized carbons (Fsp3) is 0. The molecule has 0 saturated carbocycles. The third kappa shape index (κ3) is 7.64. The largest absolute Gasteiger partial charge is 0.538 e. The van der Waals surface area contributed by atoms with Gasteiger partial charge in [0, 0.05) is 0 Å². The first kappa shape index (κ1) is 8.64. The summed E-state index contributed by atoms with van der Waals surface area (Å²) < 4.78 is 0. The molecule has 0 spiro atoms. The zero-order valence-electron chi connectivity index (χ0n) is 4.17. The zero-order valence-corrected chi connectivity index (χ0v) is 4.17. The minimum atomic E-state index is -2.91. The van der Waals surface area contributed by atoms with Crippen LogP contribution in [0.15, 0.2) is 0 Å². The maximum Gasteiger partial charge on any atom is 0.111 e. The van der Waals surface area contributed by atoms with Gasteiger partial charge in [0.05, 0.1) is 10.2 Å². The molecular formula is H6N4O5. The average Bonchev–Trinajstić information content (AvgIpc) is 1.14. The number of quaternary nitrogens is 2. The van der Waals surface area contributed by atoms with Crippen LogP contribution in [0.5, 0.6) is 0 Å². The minimum absolute atomic E-state index is 2.91. The fourth-order valence-corrected chi connectivity index (χ4v) is 0.168. The van der Waals surface area contributed by atoms with E-state index in [2.05, 4.69) is 16.6 Å². The fourth-order valence-electron chi connectivity index (χ4n) is 0.168. The maximum atomic E-state index is 9.71. The smallest absolute Gasteiger partial charge is 0.111 e. The Kier molecular flexibility index (Phi) is 2.02. The van der Waals surface area contributed by atoms with E-state index < -0.39 is 10.2 Å². The summed E-state index contributed by atoms with van der Waals surface area (Å²) in [6.07, 6.45) is 0. The van der Waals surface area contributed by atoms with Gasteiger partial charge in [-0.1, -0.05) is 0 Å². The van der Waals surface area contributed by atoms with Gasteiger partial charge in [0.1, 0.15) is 4.94 Å². The van der Waals surface area contributed by atoms with Crippen molar-refractivity contribution in [2.24, 2.45) is 11.7 Å². The topological polar surface area (TPSA) is 148 Å². The highest BCUT2D eigenvalue weighted by Gasteiger charge is 2.23. The van der Waals surface area contributed by atoms with Crippen LogP contribution in [0, 0.1) is 10.4 Å². The molecule has 0 fully saturated rings. The van der Waals surface area contributed by atoms with Crippen molar-refractivity contribution in [2.45, 2.75) is 0 Å². The molecule has 6 N–H and O–H groups in total. The molecule has 0 aromatic carbocycles. The molecular weight excluding hydrogens is 136 g/mol. The van der Waals surface area contributed by atoms with Gasteiger partial charge in [0.25, 0.3) is 0 Å². The van der Waals surface area contributed by atoms with Gasteiger partial charge in [0.2, 0.25) is 0 Å². The standard InChI is InChI=1S/H6N4O5/c1-3(5,6)9-4(2,7)8/h5,7H,1-2H2. The van der Waals surface area contributed by atoms with Crippen LogP contribution in [0.1, 0.15) is 0 Å². The summed E-state index contributed by atoms with van der Waals surface area (Å²) in [5.74, 6) is 8.16. The van der Waals surface area contributed by atoms with Crippen molar-refractivity contribution in [2.75, 3.05) is 0 Å². The second-order valence-corrected chi connectivity index (χ2v) is 1.21. The van der Waals surface area contributed by atoms with Crippen molar-refractivity contribution in [1.82, 2.24) is 0 Å². The Bertz CT molecular complexity index is 74.1. The predicted molar refractivity (Wildman–Crippen MR) is 20.3 cm³/mol. The Morgan fingerprint density at radius 2 is 1.33 bits per heavy atom. The van der Waals surface area contributed by atoms with Crippen LogP contribution in [0.2, 0.25) is 0 Å². The van der Waals surface area contributed by atoms with E-state index >= 15 is 0 Å². The third-order valence-corrected chi connectivity index (χ3v) is 0.234. The van der Waals surface area contributed by atoms with E-state index in [4.69, 9.17) is 10.4 Å². The van der Waals surface area contributed by atoms with Crippen LogP contribution in [0.25, 0.3) is 0 Å². The Hall–Kier alpha value is -0.360. The summed E-state index contributed by atoms with van der Waals surface area (Å²) in [4.78, 5) is 3.06. The van der Waals surface area contributed by atoms with E-state index in [0.29, 0.717) is 0 Å². The van der Waals surface area contributed by atoms with E-state index in [1.807, 2.05) is 0 Å². The summed E-state index contributed by atoms with van der Waals surface area (Å²) in [6.45, 7) is 0. The Labute approximate surface area is 48.9 Å². The normalized spacial score (nSPS) is 24.7. The second kappa shape index (κ2) is 2.11. The highest BCUT2D eigenvalue weighted by molar-refractivity contribution is 3.88. The highest BCUT2D eigenvalue weighted by Crippen LogP contribution is 1.96. The molecule has 0 bridgehead atoms. The minimum Gasteiger partial charge on any atom is -0.538 e. The summed E-state index contributed by atoms with van der Waals surface area (Å²) in [5, 5.41) is 29.3. The number of nitrogens with zero attached hydrogens (tertiary/aromatic N) is 2. The molecule has 9 heavy (non-hydrogen) atoms. The lowest BCUT2D eigenvalue weighted by Gasteiger charge is -2.28. The monoisotopic (exact) mass is 142 g/mol. The van der Waals surface area contributed by atoms with Crippen molar-refractivity contribution in [3.05, 3.63) is 10.4 Å².